The monoisotopic (exact) mass is 390 g/mol. The van der Waals surface area contributed by atoms with Crippen molar-refractivity contribution in [1.82, 2.24) is 10.2 Å². The lowest BCUT2D eigenvalue weighted by atomic mass is 9.92. The number of ether oxygens (including phenoxy) is 1. The molecule has 2 aliphatic rings. The van der Waals surface area contributed by atoms with Crippen LogP contribution in [0.5, 0.6) is 5.75 Å². The van der Waals surface area contributed by atoms with Crippen LogP contribution in [0.15, 0.2) is 42.5 Å². The van der Waals surface area contributed by atoms with Gasteiger partial charge < -0.3 is 10.1 Å². The Labute approximate surface area is 160 Å². The number of halogens is 2. The Bertz CT molecular complexity index is 882. The van der Waals surface area contributed by atoms with E-state index in [9.17, 15) is 9.59 Å². The van der Waals surface area contributed by atoms with Gasteiger partial charge in [0.15, 0.2) is 5.75 Å². The molecule has 1 spiro atoms. The van der Waals surface area contributed by atoms with E-state index in [-0.39, 0.29) is 19.1 Å². The average molecular weight is 391 g/mol. The molecule has 1 unspecified atom stereocenters. The largest absolute Gasteiger partial charge is 0.489 e. The molecule has 26 heavy (non-hydrogen) atoms. The lowest BCUT2D eigenvalue weighted by Crippen LogP contribution is -2.42. The molecule has 1 heterocycles. The third kappa shape index (κ3) is 2.63. The fourth-order valence-corrected chi connectivity index (χ4v) is 4.16. The Hall–Kier alpha value is -2.24. The summed E-state index contributed by atoms with van der Waals surface area (Å²) in [5.41, 5.74) is 1.04. The molecule has 1 fully saturated rings. The first-order valence-corrected chi connectivity index (χ1v) is 9.08. The molecular weight excluding hydrogens is 375 g/mol. The summed E-state index contributed by atoms with van der Waals surface area (Å²) in [6.45, 7) is 0.233. The SMILES string of the molecule is O=C1NC2(CCc3ccccc32)C(=O)N1CCOc1c(Cl)cccc1Cl. The number of rotatable bonds is 4. The highest BCUT2D eigenvalue weighted by atomic mass is 35.5. The minimum Gasteiger partial charge on any atom is -0.489 e. The number of para-hydroxylation sites is 1. The summed E-state index contributed by atoms with van der Waals surface area (Å²) in [5.74, 6) is 0.116. The van der Waals surface area contributed by atoms with Gasteiger partial charge in [0, 0.05) is 0 Å². The summed E-state index contributed by atoms with van der Waals surface area (Å²) in [4.78, 5) is 26.6. The molecule has 134 valence electrons. The molecule has 2 aromatic rings. The van der Waals surface area contributed by atoms with Gasteiger partial charge in [-0.1, -0.05) is 53.5 Å². The normalized spacial score (nSPS) is 21.2. The molecule has 2 aromatic carbocycles. The first-order chi connectivity index (χ1) is 12.5. The number of nitrogens with one attached hydrogen (secondary N) is 1. The first-order valence-electron chi connectivity index (χ1n) is 8.32. The van der Waals surface area contributed by atoms with Crippen LogP contribution in [-0.2, 0) is 16.8 Å². The summed E-state index contributed by atoms with van der Waals surface area (Å²) in [6, 6.07) is 12.4. The van der Waals surface area contributed by atoms with Gasteiger partial charge in [-0.2, -0.15) is 0 Å². The van der Waals surface area contributed by atoms with Gasteiger partial charge in [-0.05, 0) is 36.1 Å². The molecule has 1 saturated heterocycles. The topological polar surface area (TPSA) is 58.6 Å². The lowest BCUT2D eigenvalue weighted by Gasteiger charge is -2.22. The second-order valence-corrected chi connectivity index (χ2v) is 7.16. The number of amides is 3. The number of hydrogen-bond acceptors (Lipinski definition) is 3. The smallest absolute Gasteiger partial charge is 0.325 e. The van der Waals surface area contributed by atoms with E-state index in [0.29, 0.717) is 22.2 Å². The summed E-state index contributed by atoms with van der Waals surface area (Å²) >= 11 is 12.1. The summed E-state index contributed by atoms with van der Waals surface area (Å²) in [7, 11) is 0. The van der Waals surface area contributed by atoms with Crippen LogP contribution in [0.4, 0.5) is 4.79 Å². The van der Waals surface area contributed by atoms with E-state index in [0.717, 1.165) is 17.5 Å². The van der Waals surface area contributed by atoms with Crippen molar-refractivity contribution in [2.45, 2.75) is 18.4 Å². The van der Waals surface area contributed by atoms with Gasteiger partial charge in [-0.25, -0.2) is 4.79 Å². The van der Waals surface area contributed by atoms with Crippen molar-refractivity contribution >= 4 is 35.1 Å². The third-order valence-corrected chi connectivity index (χ3v) is 5.50. The van der Waals surface area contributed by atoms with Crippen LogP contribution in [0.3, 0.4) is 0 Å². The highest BCUT2D eigenvalue weighted by Gasteiger charge is 2.55. The summed E-state index contributed by atoms with van der Waals surface area (Å²) in [5, 5.41) is 3.66. The quantitative estimate of drug-likeness (QED) is 0.808. The van der Waals surface area contributed by atoms with Crippen molar-refractivity contribution in [1.29, 1.82) is 0 Å². The van der Waals surface area contributed by atoms with Crippen LogP contribution in [-0.4, -0.2) is 30.0 Å². The minimum atomic E-state index is -0.949. The zero-order valence-corrected chi connectivity index (χ0v) is 15.3. The van der Waals surface area contributed by atoms with Crippen molar-refractivity contribution in [3.63, 3.8) is 0 Å². The van der Waals surface area contributed by atoms with E-state index in [1.807, 2.05) is 24.3 Å². The molecule has 1 aliphatic carbocycles. The van der Waals surface area contributed by atoms with E-state index in [2.05, 4.69) is 5.32 Å². The van der Waals surface area contributed by atoms with Crippen LogP contribution in [0.1, 0.15) is 17.5 Å². The maximum Gasteiger partial charge on any atom is 0.325 e. The second-order valence-electron chi connectivity index (χ2n) is 6.35. The van der Waals surface area contributed by atoms with Gasteiger partial charge in [-0.15, -0.1) is 0 Å². The number of benzene rings is 2. The number of hydrogen-bond donors (Lipinski definition) is 1. The number of nitrogens with zero attached hydrogens (tertiary/aromatic N) is 1. The van der Waals surface area contributed by atoms with E-state index >= 15 is 0 Å². The number of urea groups is 1. The van der Waals surface area contributed by atoms with E-state index in [1.165, 1.54) is 4.90 Å². The van der Waals surface area contributed by atoms with Gasteiger partial charge in [-0.3, -0.25) is 9.69 Å². The Morgan fingerprint density at radius 2 is 1.81 bits per heavy atom. The van der Waals surface area contributed by atoms with Crippen molar-refractivity contribution in [3.05, 3.63) is 63.6 Å². The van der Waals surface area contributed by atoms with Crippen LogP contribution >= 0.6 is 23.2 Å². The Kier molecular flexibility index (Phi) is 4.29. The number of imide groups is 1. The maximum atomic E-state index is 13.0. The van der Waals surface area contributed by atoms with Crippen LogP contribution in [0, 0.1) is 0 Å². The summed E-state index contributed by atoms with van der Waals surface area (Å²) in [6.07, 6.45) is 1.34. The molecule has 7 heteroatoms. The van der Waals surface area contributed by atoms with Crippen molar-refractivity contribution in [2.75, 3.05) is 13.2 Å². The second kappa shape index (κ2) is 6.49. The molecular formula is C19H16Cl2N2O3. The highest BCUT2D eigenvalue weighted by Crippen LogP contribution is 2.41. The Morgan fingerprint density at radius 3 is 2.58 bits per heavy atom. The van der Waals surface area contributed by atoms with Gasteiger partial charge in [0.1, 0.15) is 12.1 Å². The highest BCUT2D eigenvalue weighted by molar-refractivity contribution is 6.37. The van der Waals surface area contributed by atoms with Crippen molar-refractivity contribution < 1.29 is 14.3 Å². The maximum absolute atomic E-state index is 13.0. The molecule has 4 rings (SSSR count). The van der Waals surface area contributed by atoms with Crippen molar-refractivity contribution in [2.24, 2.45) is 0 Å². The van der Waals surface area contributed by atoms with Crippen LogP contribution < -0.4 is 10.1 Å². The van der Waals surface area contributed by atoms with E-state index in [1.54, 1.807) is 18.2 Å². The predicted molar refractivity (Wildman–Crippen MR) is 98.6 cm³/mol. The Balaban J connectivity index is 1.49. The summed E-state index contributed by atoms with van der Waals surface area (Å²) < 4.78 is 5.61. The van der Waals surface area contributed by atoms with Crippen LogP contribution in [0.25, 0.3) is 0 Å². The average Bonchev–Trinajstić information content (AvgIpc) is 3.11. The standard InChI is InChI=1S/C19H16Cl2N2O3/c20-14-6-3-7-15(21)16(14)26-11-10-23-17(24)19(22-18(23)25)9-8-12-4-1-2-5-13(12)19/h1-7H,8-11H2,(H,22,25). The molecule has 0 saturated carbocycles. The van der Waals surface area contributed by atoms with E-state index in [4.69, 9.17) is 27.9 Å². The van der Waals surface area contributed by atoms with Gasteiger partial charge >= 0.3 is 6.03 Å². The fraction of sp³-hybridized carbons (Fsp3) is 0.263. The van der Waals surface area contributed by atoms with E-state index < -0.39 is 11.6 Å². The molecule has 0 aromatic heterocycles. The van der Waals surface area contributed by atoms with Crippen LogP contribution in [0.2, 0.25) is 10.0 Å². The molecule has 5 nitrogen and oxygen atoms in total. The number of carbonyl (C=O) groups is 2. The molecule has 0 bridgehead atoms. The lowest BCUT2D eigenvalue weighted by molar-refractivity contribution is -0.131. The van der Waals surface area contributed by atoms with Gasteiger partial charge in [0.2, 0.25) is 0 Å². The van der Waals surface area contributed by atoms with Crippen molar-refractivity contribution in [3.8, 4) is 5.75 Å². The number of fused-ring (bicyclic) bond motifs is 2. The van der Waals surface area contributed by atoms with Gasteiger partial charge in [0.25, 0.3) is 5.91 Å². The Morgan fingerprint density at radius 1 is 1.08 bits per heavy atom. The molecule has 0 radical (unpaired) electrons. The number of carbonyl (C=O) groups excluding carboxylic acids is 2. The molecule has 1 N–H and O–H groups in total. The molecule has 3 amide bonds. The van der Waals surface area contributed by atoms with Gasteiger partial charge in [0.05, 0.1) is 16.6 Å². The first kappa shape index (κ1) is 17.2. The third-order valence-electron chi connectivity index (χ3n) is 4.90. The number of aryl methyl sites for hydroxylation is 1. The zero-order chi connectivity index (χ0) is 18.3. The molecule has 1 atom stereocenters. The molecule has 1 aliphatic heterocycles. The minimum absolute atomic E-state index is 0.111. The predicted octanol–water partition coefficient (Wildman–Crippen LogP) is 3.77. The zero-order valence-electron chi connectivity index (χ0n) is 13.8. The fourth-order valence-electron chi connectivity index (χ4n) is 3.65.